The van der Waals surface area contributed by atoms with Gasteiger partial charge in [0.1, 0.15) is 0 Å². The van der Waals surface area contributed by atoms with E-state index in [9.17, 15) is 0 Å². The van der Waals surface area contributed by atoms with Crippen molar-refractivity contribution in [2.45, 2.75) is 13.6 Å². The van der Waals surface area contributed by atoms with Gasteiger partial charge in [0.05, 0.1) is 6.60 Å². The average molecular weight is 84.1 g/mol. The lowest BCUT2D eigenvalue weighted by atomic mass is 8.99. The first kappa shape index (κ1) is 7.32. The molecule has 0 aromatic carbocycles. The van der Waals surface area contributed by atoms with Gasteiger partial charge < -0.3 is 0 Å². The van der Waals surface area contributed by atoms with Crippen LogP contribution < -0.4 is 0 Å². The minimum absolute atomic E-state index is 0.611. The predicted molar refractivity (Wildman–Crippen MR) is 40.5 cm³/mol. The fourth-order valence-corrected chi connectivity index (χ4v) is 0.286. The summed E-state index contributed by atoms with van der Waals surface area (Å²) < 4.78 is 0. The summed E-state index contributed by atoms with van der Waals surface area (Å²) in [6, 6.07) is 0. The van der Waals surface area contributed by atoms with Crippen LogP contribution in [0.25, 0.3) is 0 Å². The normalized spacial score (nSPS) is 7.14. The molecule has 0 rings (SSSR count). The second kappa shape index (κ2) is 4.48. The van der Waals surface area contributed by atoms with Gasteiger partial charge in [-0.3, -0.25) is 0 Å². The fourth-order valence-electron chi connectivity index (χ4n) is 0.286. The second-order valence-electron chi connectivity index (χ2n) is 1.82. The summed E-state index contributed by atoms with van der Waals surface area (Å²) in [6.45, 7) is 4.83. The number of hydrogen-bond acceptors (Lipinski definition) is 0. The Kier molecular flexibility index (Phi) is 4.69. The maximum Gasteiger partial charge on any atom is 0.0835 e. The molecule has 0 unspecified atom stereocenters. The van der Waals surface area contributed by atoms with Crippen LogP contribution in [-0.4, -0.2) is 35.5 Å². The van der Waals surface area contributed by atoms with Crippen molar-refractivity contribution >= 4 is 35.5 Å². The van der Waals surface area contributed by atoms with Crippen LogP contribution in [0.3, 0.4) is 0 Å². The second-order valence-corrected chi connectivity index (χ2v) is 1.82. The molecule has 0 atom stereocenters. The Morgan fingerprint density at radius 1 is 1.43 bits per heavy atom. The van der Waals surface area contributed by atoms with Crippen molar-refractivity contribution in [3.63, 3.8) is 0 Å². The molecule has 0 N–H and O–H groups in total. The molecule has 0 fully saturated rings. The first-order chi connectivity index (χ1) is 3.27. The third-order valence-electron chi connectivity index (χ3n) is 0.607. The van der Waals surface area contributed by atoms with E-state index in [-0.39, 0.29) is 0 Å². The van der Waals surface area contributed by atoms with Crippen molar-refractivity contribution in [1.29, 1.82) is 0 Å². The van der Waals surface area contributed by atoms with Gasteiger partial charge in [0.15, 0.2) is 0 Å². The van der Waals surface area contributed by atoms with Gasteiger partial charge in [-0.1, -0.05) is 13.6 Å². The third kappa shape index (κ3) is 6.32. The molecule has 0 aliphatic carbocycles. The third-order valence-corrected chi connectivity index (χ3v) is 0.607. The Bertz CT molecular complexity index is 35.1. The van der Waals surface area contributed by atoms with E-state index in [0.29, 0.717) is 6.60 Å². The van der Waals surface area contributed by atoms with Gasteiger partial charge >= 0.3 is 0 Å². The maximum absolute atomic E-state index is 5.06. The standard InChI is InChI=1S/C2H6B5/c1-7(2)6-5-4-3/h1-2H3. The summed E-state index contributed by atoms with van der Waals surface area (Å²) >= 11 is 0. The summed E-state index contributed by atoms with van der Waals surface area (Å²) in [4.78, 5) is 0. The molecule has 0 aliphatic rings. The van der Waals surface area contributed by atoms with E-state index in [1.54, 1.807) is 7.06 Å². The van der Waals surface area contributed by atoms with E-state index in [1.807, 2.05) is 14.1 Å². The van der Waals surface area contributed by atoms with Crippen LogP contribution in [0.15, 0.2) is 0 Å². The van der Waals surface area contributed by atoms with E-state index in [2.05, 4.69) is 13.6 Å². The molecule has 5 radical (unpaired) electrons. The Morgan fingerprint density at radius 3 is 2.14 bits per heavy atom. The van der Waals surface area contributed by atoms with Crippen molar-refractivity contribution in [3.8, 4) is 0 Å². The summed E-state index contributed by atoms with van der Waals surface area (Å²) in [7, 11) is 10.5. The Labute approximate surface area is 50.0 Å². The first-order valence-electron chi connectivity index (χ1n) is 2.49. The SMILES string of the molecule is [B][B][B][B]B(C)C. The van der Waals surface area contributed by atoms with E-state index in [4.69, 9.17) is 7.74 Å². The van der Waals surface area contributed by atoms with Crippen LogP contribution in [-0.2, 0) is 0 Å². The van der Waals surface area contributed by atoms with Crippen molar-refractivity contribution < 1.29 is 0 Å². The predicted octanol–water partition coefficient (Wildman–Crippen LogP) is -0.736. The van der Waals surface area contributed by atoms with Gasteiger partial charge in [-0.25, -0.2) is 0 Å². The minimum Gasteiger partial charge on any atom is -0.0937 e. The molecule has 0 saturated carbocycles. The zero-order valence-electron chi connectivity index (χ0n) is 4.89. The molecule has 0 saturated heterocycles. The highest BCUT2D eigenvalue weighted by Gasteiger charge is 1.95. The molecule has 0 amide bonds. The summed E-state index contributed by atoms with van der Waals surface area (Å²) in [5, 5.41) is 0. The van der Waals surface area contributed by atoms with E-state index >= 15 is 0 Å². The van der Waals surface area contributed by atoms with Crippen molar-refractivity contribution in [3.05, 3.63) is 0 Å². The van der Waals surface area contributed by atoms with Gasteiger partial charge in [0.2, 0.25) is 0 Å². The molecule has 0 spiro atoms. The average Bonchev–Trinajstić information content (AvgIpc) is 1.61. The Morgan fingerprint density at radius 2 is 2.00 bits per heavy atom. The molecule has 0 aromatic rings. The van der Waals surface area contributed by atoms with Crippen molar-refractivity contribution in [1.82, 2.24) is 0 Å². The van der Waals surface area contributed by atoms with Gasteiger partial charge in [-0.2, -0.15) is 0 Å². The van der Waals surface area contributed by atoms with Gasteiger partial charge in [-0.05, 0) is 0 Å². The van der Waals surface area contributed by atoms with Crippen LogP contribution in [0.5, 0.6) is 0 Å². The molecule has 7 heavy (non-hydrogen) atoms. The van der Waals surface area contributed by atoms with Gasteiger partial charge in [-0.15, -0.1) is 0 Å². The van der Waals surface area contributed by atoms with Crippen LogP contribution in [0.4, 0.5) is 0 Å². The lowest BCUT2D eigenvalue weighted by molar-refractivity contribution is 2.10. The lowest BCUT2D eigenvalue weighted by Gasteiger charge is -1.92. The summed E-state index contributed by atoms with van der Waals surface area (Å²) in [5.41, 5.74) is 0. The van der Waals surface area contributed by atoms with E-state index in [1.165, 1.54) is 0 Å². The molecule has 0 heterocycles. The molecule has 0 aromatic heterocycles. The molecular weight excluding hydrogens is 78.1 g/mol. The van der Waals surface area contributed by atoms with Crippen LogP contribution in [0, 0.1) is 0 Å². The molecular formula is C2H6B5. The highest BCUT2D eigenvalue weighted by Crippen LogP contribution is 1.70. The van der Waals surface area contributed by atoms with E-state index in [0.717, 1.165) is 0 Å². The smallest absolute Gasteiger partial charge is 0.0835 e. The molecule has 29 valence electrons. The largest absolute Gasteiger partial charge is 0.0937 e. The Hall–Kier alpha value is 0.325. The first-order valence-corrected chi connectivity index (χ1v) is 2.49. The molecule has 0 aliphatic heterocycles. The molecule has 0 bridgehead atoms. The minimum atomic E-state index is 0.611. The number of rotatable bonds is 3. The Balaban J connectivity index is 2.68. The van der Waals surface area contributed by atoms with E-state index < -0.39 is 0 Å². The summed E-state index contributed by atoms with van der Waals surface area (Å²) in [6.07, 6.45) is 0. The fraction of sp³-hybridized carbons (Fsp3) is 1.00. The monoisotopic (exact) mass is 85.1 g/mol. The lowest BCUT2D eigenvalue weighted by Crippen LogP contribution is -2.24. The zero-order valence-corrected chi connectivity index (χ0v) is 4.89. The van der Waals surface area contributed by atoms with Crippen molar-refractivity contribution in [2.75, 3.05) is 0 Å². The number of hydrogen-bond donors (Lipinski definition) is 0. The zero-order chi connectivity index (χ0) is 5.70. The maximum atomic E-state index is 5.06. The molecule has 0 nitrogen and oxygen atoms in total. The summed E-state index contributed by atoms with van der Waals surface area (Å²) in [5.74, 6) is 0. The topological polar surface area (TPSA) is 0 Å². The molecule has 5 heteroatoms. The van der Waals surface area contributed by atoms with Crippen molar-refractivity contribution in [2.24, 2.45) is 0 Å². The highest BCUT2D eigenvalue weighted by atomic mass is 13.1. The highest BCUT2D eigenvalue weighted by molar-refractivity contribution is 7.53. The quantitative estimate of drug-likeness (QED) is 0.395. The van der Waals surface area contributed by atoms with Crippen LogP contribution in [0.2, 0.25) is 13.6 Å². The van der Waals surface area contributed by atoms with Crippen LogP contribution in [0.1, 0.15) is 0 Å². The van der Waals surface area contributed by atoms with Gasteiger partial charge in [0.25, 0.3) is 0 Å². The van der Waals surface area contributed by atoms with Gasteiger partial charge in [0, 0.05) is 28.9 Å². The van der Waals surface area contributed by atoms with Crippen LogP contribution >= 0.6 is 0 Å².